The summed E-state index contributed by atoms with van der Waals surface area (Å²) in [5, 5.41) is 0.880. The van der Waals surface area contributed by atoms with Crippen LogP contribution in [0.15, 0.2) is 12.3 Å². The molecule has 2 heteroatoms. The van der Waals surface area contributed by atoms with Crippen LogP contribution in [0, 0.1) is 0 Å². The third-order valence-electron chi connectivity index (χ3n) is 2.64. The molecule has 0 saturated carbocycles. The fraction of sp³-hybridized carbons (Fsp3) is 0.500. The number of hydrogen-bond donors (Lipinski definition) is 0. The van der Waals surface area contributed by atoms with Gasteiger partial charge in [-0.3, -0.25) is 4.98 Å². The molecule has 1 aromatic rings. The Hall–Kier alpha value is -0.560. The van der Waals surface area contributed by atoms with Crippen LogP contribution in [0.1, 0.15) is 31.5 Å². The van der Waals surface area contributed by atoms with Gasteiger partial charge in [-0.15, -0.1) is 0 Å². The molecular formula is C10H12ClN. The van der Waals surface area contributed by atoms with Crippen LogP contribution in [0.4, 0.5) is 0 Å². The second-order valence-corrected chi connectivity index (χ2v) is 4.41. The quantitative estimate of drug-likeness (QED) is 0.600. The molecule has 0 radical (unpaired) electrons. The maximum Gasteiger partial charge on any atom is 0.0506 e. The first-order valence-corrected chi connectivity index (χ1v) is 4.63. The predicted octanol–water partition coefficient (Wildman–Crippen LogP) is 2.96. The van der Waals surface area contributed by atoms with Crippen molar-refractivity contribution in [2.45, 2.75) is 32.1 Å². The Morgan fingerprint density at radius 1 is 1.50 bits per heavy atom. The highest BCUT2D eigenvalue weighted by atomic mass is 35.5. The molecule has 0 aliphatic heterocycles. The number of nitrogens with zero attached hydrogens (tertiary/aromatic N) is 1. The minimum Gasteiger partial charge on any atom is -0.260 e. The van der Waals surface area contributed by atoms with Crippen LogP contribution in [-0.2, 0) is 11.8 Å². The van der Waals surface area contributed by atoms with Gasteiger partial charge in [0.05, 0.1) is 5.69 Å². The van der Waals surface area contributed by atoms with Crippen molar-refractivity contribution in [1.29, 1.82) is 0 Å². The van der Waals surface area contributed by atoms with Crippen molar-refractivity contribution in [3.63, 3.8) is 0 Å². The molecule has 1 aromatic heterocycles. The molecule has 0 aromatic carbocycles. The molecule has 0 N–H and O–H groups in total. The maximum atomic E-state index is 6.06. The van der Waals surface area contributed by atoms with Crippen molar-refractivity contribution in [3.05, 3.63) is 28.5 Å². The van der Waals surface area contributed by atoms with E-state index in [2.05, 4.69) is 18.8 Å². The van der Waals surface area contributed by atoms with E-state index >= 15 is 0 Å². The molecule has 0 atom stereocenters. The van der Waals surface area contributed by atoms with Gasteiger partial charge >= 0.3 is 0 Å². The SMILES string of the molecule is CC1(C)CCc2c(Cl)ccnc21. The average Bonchev–Trinajstić information content (AvgIpc) is 2.30. The van der Waals surface area contributed by atoms with E-state index in [1.807, 2.05) is 6.07 Å². The van der Waals surface area contributed by atoms with E-state index in [0.717, 1.165) is 11.4 Å². The first kappa shape index (κ1) is 8.06. The lowest BCUT2D eigenvalue weighted by Crippen LogP contribution is -2.13. The molecule has 1 heterocycles. The van der Waals surface area contributed by atoms with Crippen molar-refractivity contribution in [2.24, 2.45) is 0 Å². The van der Waals surface area contributed by atoms with Gasteiger partial charge in [0.25, 0.3) is 0 Å². The third kappa shape index (κ3) is 1.04. The van der Waals surface area contributed by atoms with Crippen LogP contribution >= 0.6 is 11.6 Å². The Morgan fingerprint density at radius 2 is 2.25 bits per heavy atom. The summed E-state index contributed by atoms with van der Waals surface area (Å²) in [6.07, 6.45) is 4.04. The van der Waals surface area contributed by atoms with Crippen molar-refractivity contribution >= 4 is 11.6 Å². The van der Waals surface area contributed by atoms with Crippen LogP contribution in [-0.4, -0.2) is 4.98 Å². The zero-order valence-electron chi connectivity index (χ0n) is 7.39. The fourth-order valence-electron chi connectivity index (χ4n) is 1.85. The van der Waals surface area contributed by atoms with E-state index in [-0.39, 0.29) is 5.41 Å². The number of aromatic nitrogens is 1. The van der Waals surface area contributed by atoms with Crippen LogP contribution in [0.3, 0.4) is 0 Å². The summed E-state index contributed by atoms with van der Waals surface area (Å²) in [5.74, 6) is 0. The maximum absolute atomic E-state index is 6.06. The minimum atomic E-state index is 0.222. The van der Waals surface area contributed by atoms with Crippen molar-refractivity contribution in [3.8, 4) is 0 Å². The molecule has 2 rings (SSSR count). The zero-order valence-corrected chi connectivity index (χ0v) is 8.15. The zero-order chi connectivity index (χ0) is 8.77. The van der Waals surface area contributed by atoms with Gasteiger partial charge in [-0.2, -0.15) is 0 Å². The lowest BCUT2D eigenvalue weighted by atomic mass is 9.91. The first-order valence-electron chi connectivity index (χ1n) is 4.25. The standard InChI is InChI=1S/C10H12ClN/c1-10(2)5-3-7-8(11)4-6-12-9(7)10/h4,6H,3,5H2,1-2H3. The highest BCUT2D eigenvalue weighted by Crippen LogP contribution is 2.39. The molecule has 0 saturated heterocycles. The molecule has 64 valence electrons. The van der Waals surface area contributed by atoms with Gasteiger partial charge in [0, 0.05) is 16.6 Å². The van der Waals surface area contributed by atoms with E-state index in [4.69, 9.17) is 11.6 Å². The van der Waals surface area contributed by atoms with Gasteiger partial charge in [-0.05, 0) is 24.5 Å². The molecular weight excluding hydrogens is 170 g/mol. The molecule has 0 fully saturated rings. The lowest BCUT2D eigenvalue weighted by molar-refractivity contribution is 0.509. The van der Waals surface area contributed by atoms with E-state index in [9.17, 15) is 0 Å². The molecule has 1 aliphatic rings. The van der Waals surface area contributed by atoms with Crippen LogP contribution in [0.2, 0.25) is 5.02 Å². The molecule has 1 aliphatic carbocycles. The summed E-state index contributed by atoms with van der Waals surface area (Å²) in [4.78, 5) is 4.39. The molecule has 0 bridgehead atoms. The smallest absolute Gasteiger partial charge is 0.0506 e. The summed E-state index contributed by atoms with van der Waals surface area (Å²) in [5.41, 5.74) is 2.67. The summed E-state index contributed by atoms with van der Waals surface area (Å²) in [7, 11) is 0. The van der Waals surface area contributed by atoms with Gasteiger partial charge in [0.2, 0.25) is 0 Å². The third-order valence-corrected chi connectivity index (χ3v) is 2.99. The van der Waals surface area contributed by atoms with Gasteiger partial charge in [-0.1, -0.05) is 25.4 Å². The second-order valence-electron chi connectivity index (χ2n) is 4.00. The van der Waals surface area contributed by atoms with Crippen LogP contribution in [0.5, 0.6) is 0 Å². The monoisotopic (exact) mass is 181 g/mol. The lowest BCUT2D eigenvalue weighted by Gasteiger charge is -2.16. The van der Waals surface area contributed by atoms with E-state index < -0.39 is 0 Å². The molecule has 0 amide bonds. The van der Waals surface area contributed by atoms with Crippen molar-refractivity contribution in [2.75, 3.05) is 0 Å². The van der Waals surface area contributed by atoms with Crippen molar-refractivity contribution < 1.29 is 0 Å². The minimum absolute atomic E-state index is 0.222. The number of fused-ring (bicyclic) bond motifs is 1. The second kappa shape index (κ2) is 2.46. The van der Waals surface area contributed by atoms with E-state index in [1.54, 1.807) is 6.20 Å². The van der Waals surface area contributed by atoms with Crippen molar-refractivity contribution in [1.82, 2.24) is 4.98 Å². The number of halogens is 1. The fourth-order valence-corrected chi connectivity index (χ4v) is 2.09. The van der Waals surface area contributed by atoms with Gasteiger partial charge < -0.3 is 0 Å². The summed E-state index contributed by atoms with van der Waals surface area (Å²) in [6, 6.07) is 1.88. The summed E-state index contributed by atoms with van der Waals surface area (Å²) < 4.78 is 0. The number of hydrogen-bond acceptors (Lipinski definition) is 1. The molecule has 0 spiro atoms. The van der Waals surface area contributed by atoms with Gasteiger partial charge in [-0.25, -0.2) is 0 Å². The summed E-state index contributed by atoms with van der Waals surface area (Å²) >= 11 is 6.06. The summed E-state index contributed by atoms with van der Waals surface area (Å²) in [6.45, 7) is 4.45. The topological polar surface area (TPSA) is 12.9 Å². The predicted molar refractivity (Wildman–Crippen MR) is 50.6 cm³/mol. The Bertz CT molecular complexity index is 318. The highest BCUT2D eigenvalue weighted by molar-refractivity contribution is 6.31. The Labute approximate surface area is 77.8 Å². The number of rotatable bonds is 0. The van der Waals surface area contributed by atoms with Gasteiger partial charge in [0.1, 0.15) is 0 Å². The highest BCUT2D eigenvalue weighted by Gasteiger charge is 2.32. The Kier molecular flexibility index (Phi) is 1.65. The van der Waals surface area contributed by atoms with Gasteiger partial charge in [0.15, 0.2) is 0 Å². The van der Waals surface area contributed by atoms with E-state index in [0.29, 0.717) is 0 Å². The number of pyridine rings is 1. The molecule has 1 nitrogen and oxygen atoms in total. The Balaban J connectivity index is 2.61. The molecule has 0 unspecified atom stereocenters. The van der Waals surface area contributed by atoms with E-state index in [1.165, 1.54) is 17.7 Å². The normalized spacial score (nSPS) is 19.2. The molecule has 12 heavy (non-hydrogen) atoms. The van der Waals surface area contributed by atoms with Crippen LogP contribution in [0.25, 0.3) is 0 Å². The average molecular weight is 182 g/mol. The first-order chi connectivity index (χ1) is 5.61. The van der Waals surface area contributed by atoms with Crippen LogP contribution < -0.4 is 0 Å². The largest absolute Gasteiger partial charge is 0.260 e. The Morgan fingerprint density at radius 3 is 2.92 bits per heavy atom.